The summed E-state index contributed by atoms with van der Waals surface area (Å²) < 4.78 is 0. The van der Waals surface area contributed by atoms with Crippen molar-refractivity contribution in [2.24, 2.45) is 0 Å². The Bertz CT molecular complexity index is 1150. The summed E-state index contributed by atoms with van der Waals surface area (Å²) >= 11 is 8.62. The number of carbonyl (C=O) groups excluding carboxylic acids is 2. The molecule has 2 amide bonds. The minimum absolute atomic E-state index is 0.132. The lowest BCUT2D eigenvalue weighted by Crippen LogP contribution is -2.29. The van der Waals surface area contributed by atoms with Crippen molar-refractivity contribution in [1.82, 2.24) is 15.2 Å². The molecule has 4 heterocycles. The molecular formula is C23H22ClN3O2S. The number of fused-ring (bicyclic) bond motifs is 3. The van der Waals surface area contributed by atoms with E-state index in [9.17, 15) is 9.59 Å². The summed E-state index contributed by atoms with van der Waals surface area (Å²) in [4.78, 5) is 32.7. The van der Waals surface area contributed by atoms with Gasteiger partial charge in [-0.3, -0.25) is 14.5 Å². The number of likely N-dealkylation sites (tertiary alicyclic amines) is 1. The van der Waals surface area contributed by atoms with Crippen LogP contribution in [0.2, 0.25) is 5.02 Å². The van der Waals surface area contributed by atoms with E-state index in [1.54, 1.807) is 11.3 Å². The number of pyridine rings is 1. The third-order valence-corrected chi connectivity index (χ3v) is 7.52. The highest BCUT2D eigenvalue weighted by Gasteiger charge is 2.31. The van der Waals surface area contributed by atoms with Crippen LogP contribution in [0, 0.1) is 0 Å². The maximum atomic E-state index is 12.2. The largest absolute Gasteiger partial charge is 0.312 e. The van der Waals surface area contributed by atoms with Crippen LogP contribution in [-0.2, 0) is 35.5 Å². The number of nitrogens with zero attached hydrogens (tertiary/aromatic N) is 2. The zero-order valence-corrected chi connectivity index (χ0v) is 18.3. The molecule has 1 N–H and O–H groups in total. The van der Waals surface area contributed by atoms with Gasteiger partial charge in [0.1, 0.15) is 4.83 Å². The maximum Gasteiger partial charge on any atom is 0.230 e. The first-order chi connectivity index (χ1) is 14.6. The normalized spacial score (nSPS) is 16.5. The Morgan fingerprint density at radius 2 is 1.87 bits per heavy atom. The molecule has 0 bridgehead atoms. The Morgan fingerprint density at radius 3 is 2.57 bits per heavy atom. The first-order valence-electron chi connectivity index (χ1n) is 10.3. The zero-order valence-electron chi connectivity index (χ0n) is 16.8. The molecule has 0 aliphatic carbocycles. The molecule has 5 rings (SSSR count). The van der Waals surface area contributed by atoms with Crippen LogP contribution in [0.4, 0.5) is 0 Å². The van der Waals surface area contributed by atoms with E-state index in [0.717, 1.165) is 47.3 Å². The molecule has 0 unspecified atom stereocenters. The van der Waals surface area contributed by atoms with E-state index in [2.05, 4.69) is 36.5 Å². The summed E-state index contributed by atoms with van der Waals surface area (Å²) in [5.41, 5.74) is 5.19. The zero-order chi connectivity index (χ0) is 20.8. The van der Waals surface area contributed by atoms with Crippen molar-refractivity contribution in [1.29, 1.82) is 0 Å². The minimum atomic E-state index is -0.151. The first kappa shape index (κ1) is 19.7. The molecule has 1 aromatic carbocycles. The Kier molecular flexibility index (Phi) is 5.09. The monoisotopic (exact) mass is 439 g/mol. The molecule has 2 aliphatic heterocycles. The molecule has 30 heavy (non-hydrogen) atoms. The third-order valence-electron chi connectivity index (χ3n) is 5.98. The number of nitrogens with one attached hydrogen (secondary N) is 1. The highest BCUT2D eigenvalue weighted by atomic mass is 35.5. The number of aromatic nitrogens is 1. The molecule has 3 aromatic rings. The number of halogens is 1. The van der Waals surface area contributed by atoms with Crippen molar-refractivity contribution < 1.29 is 9.59 Å². The third kappa shape index (κ3) is 3.23. The van der Waals surface area contributed by atoms with Gasteiger partial charge >= 0.3 is 0 Å². The second-order valence-electron chi connectivity index (χ2n) is 7.78. The molecule has 1 fully saturated rings. The van der Waals surface area contributed by atoms with Gasteiger partial charge in [-0.2, -0.15) is 0 Å². The van der Waals surface area contributed by atoms with Gasteiger partial charge in [0.15, 0.2) is 0 Å². The Hall–Kier alpha value is -2.28. The predicted octanol–water partition coefficient (Wildman–Crippen LogP) is 4.47. The molecule has 1 saturated heterocycles. The van der Waals surface area contributed by atoms with Gasteiger partial charge in [0.05, 0.1) is 17.3 Å². The number of hydrogen-bond acceptors (Lipinski definition) is 5. The van der Waals surface area contributed by atoms with E-state index in [1.165, 1.54) is 20.9 Å². The van der Waals surface area contributed by atoms with Crippen LogP contribution in [0.1, 0.15) is 41.5 Å². The number of imide groups is 1. The molecule has 7 heteroatoms. The standard InChI is InChI=1S/C23H22ClN3O2S/c1-2-13-3-5-14(6-4-13)20-21-15-9-10-25-11-17(15)30-23(21)26-16(22(20)24)12-27-18(28)7-8-19(27)29/h3-6,25H,2,7-12H2,1H3. The van der Waals surface area contributed by atoms with Crippen LogP contribution in [0.25, 0.3) is 21.3 Å². The van der Waals surface area contributed by atoms with Crippen molar-refractivity contribution in [3.05, 3.63) is 51.0 Å². The lowest BCUT2D eigenvalue weighted by Gasteiger charge is -2.18. The van der Waals surface area contributed by atoms with Crippen LogP contribution in [0.3, 0.4) is 0 Å². The number of benzene rings is 1. The van der Waals surface area contributed by atoms with Gasteiger partial charge in [-0.15, -0.1) is 11.3 Å². The quantitative estimate of drug-likeness (QED) is 0.609. The first-order valence-corrected chi connectivity index (χ1v) is 11.5. The molecule has 2 aliphatic rings. The maximum absolute atomic E-state index is 12.2. The van der Waals surface area contributed by atoms with Crippen molar-refractivity contribution in [2.45, 2.75) is 45.7 Å². The fraction of sp³-hybridized carbons (Fsp3) is 0.348. The van der Waals surface area contributed by atoms with E-state index < -0.39 is 0 Å². The van der Waals surface area contributed by atoms with Crippen LogP contribution in [-0.4, -0.2) is 28.2 Å². The fourth-order valence-electron chi connectivity index (χ4n) is 4.31. The van der Waals surface area contributed by atoms with Crippen molar-refractivity contribution in [3.8, 4) is 11.1 Å². The number of carbonyl (C=O) groups is 2. The summed E-state index contributed by atoms with van der Waals surface area (Å²) in [6, 6.07) is 8.48. The topological polar surface area (TPSA) is 62.3 Å². The molecule has 0 atom stereocenters. The van der Waals surface area contributed by atoms with E-state index in [4.69, 9.17) is 16.6 Å². The van der Waals surface area contributed by atoms with E-state index in [0.29, 0.717) is 10.7 Å². The van der Waals surface area contributed by atoms with Gasteiger partial charge in [-0.1, -0.05) is 42.8 Å². The second kappa shape index (κ2) is 7.76. The summed E-state index contributed by atoms with van der Waals surface area (Å²) in [5.74, 6) is -0.303. The van der Waals surface area contributed by atoms with E-state index in [-0.39, 0.29) is 31.2 Å². The lowest BCUT2D eigenvalue weighted by molar-refractivity contribution is -0.139. The summed E-state index contributed by atoms with van der Waals surface area (Å²) in [6.45, 7) is 4.04. The molecular weight excluding hydrogens is 418 g/mol. The summed E-state index contributed by atoms with van der Waals surface area (Å²) in [6.07, 6.45) is 2.45. The molecule has 0 radical (unpaired) electrons. The van der Waals surface area contributed by atoms with Gasteiger partial charge in [0, 0.05) is 35.2 Å². The second-order valence-corrected chi connectivity index (χ2v) is 9.24. The lowest BCUT2D eigenvalue weighted by atomic mass is 9.95. The summed E-state index contributed by atoms with van der Waals surface area (Å²) in [5, 5.41) is 5.09. The highest BCUT2D eigenvalue weighted by Crippen LogP contribution is 2.43. The van der Waals surface area contributed by atoms with Gasteiger partial charge < -0.3 is 5.32 Å². The summed E-state index contributed by atoms with van der Waals surface area (Å²) in [7, 11) is 0. The van der Waals surface area contributed by atoms with Crippen LogP contribution >= 0.6 is 22.9 Å². The highest BCUT2D eigenvalue weighted by molar-refractivity contribution is 7.19. The van der Waals surface area contributed by atoms with Gasteiger partial charge in [0.25, 0.3) is 0 Å². The average Bonchev–Trinajstić information content (AvgIpc) is 3.29. The number of hydrogen-bond donors (Lipinski definition) is 1. The fourth-order valence-corrected chi connectivity index (χ4v) is 5.84. The number of aryl methyl sites for hydroxylation is 1. The van der Waals surface area contributed by atoms with Crippen LogP contribution in [0.15, 0.2) is 24.3 Å². The Morgan fingerprint density at radius 1 is 1.13 bits per heavy atom. The van der Waals surface area contributed by atoms with E-state index in [1.807, 2.05) is 0 Å². The smallest absolute Gasteiger partial charge is 0.230 e. The van der Waals surface area contributed by atoms with E-state index >= 15 is 0 Å². The Labute approximate surface area is 184 Å². The Balaban J connectivity index is 1.71. The SMILES string of the molecule is CCc1ccc(-c2c(Cl)c(CN3C(=O)CCC3=O)nc3sc4c(c23)CCNC4)cc1. The molecule has 5 nitrogen and oxygen atoms in total. The van der Waals surface area contributed by atoms with Gasteiger partial charge in [-0.05, 0) is 36.1 Å². The van der Waals surface area contributed by atoms with Crippen molar-refractivity contribution in [3.63, 3.8) is 0 Å². The predicted molar refractivity (Wildman–Crippen MR) is 120 cm³/mol. The number of rotatable bonds is 4. The van der Waals surface area contributed by atoms with Crippen LogP contribution < -0.4 is 5.32 Å². The van der Waals surface area contributed by atoms with Gasteiger partial charge in [0.2, 0.25) is 11.8 Å². The molecule has 0 spiro atoms. The number of thiophene rings is 1. The number of amides is 2. The van der Waals surface area contributed by atoms with Crippen molar-refractivity contribution in [2.75, 3.05) is 6.54 Å². The average molecular weight is 440 g/mol. The molecule has 2 aromatic heterocycles. The van der Waals surface area contributed by atoms with Crippen molar-refractivity contribution >= 4 is 45.0 Å². The molecule has 154 valence electrons. The van der Waals surface area contributed by atoms with Gasteiger partial charge in [-0.25, -0.2) is 4.98 Å². The minimum Gasteiger partial charge on any atom is -0.312 e. The van der Waals surface area contributed by atoms with Crippen LogP contribution in [0.5, 0.6) is 0 Å². The molecule has 0 saturated carbocycles.